The Hall–Kier alpha value is -1.87. The minimum absolute atomic E-state index is 0.0303. The molecule has 0 radical (unpaired) electrons. The number of nitrogens with one attached hydrogen (secondary N) is 1. The lowest BCUT2D eigenvalue weighted by Gasteiger charge is -2.10. The first kappa shape index (κ1) is 16.5. The van der Waals surface area contributed by atoms with E-state index in [2.05, 4.69) is 31.3 Å². The molecule has 2 N–H and O–H groups in total. The molecule has 0 heterocycles. The maximum absolute atomic E-state index is 11.9. The zero-order chi connectivity index (χ0) is 15.9. The molecule has 0 aromatic heterocycles. The molecule has 1 aromatic carbocycles. The third kappa shape index (κ3) is 5.15. The van der Waals surface area contributed by atoms with Gasteiger partial charge in [-0.25, -0.2) is 0 Å². The van der Waals surface area contributed by atoms with Gasteiger partial charge in [-0.15, -0.1) is 0 Å². The predicted molar refractivity (Wildman–Crippen MR) is 90.3 cm³/mol. The van der Waals surface area contributed by atoms with Crippen LogP contribution < -0.4 is 5.32 Å². The molecule has 22 heavy (non-hydrogen) atoms. The van der Waals surface area contributed by atoms with Crippen LogP contribution in [0.2, 0.25) is 0 Å². The van der Waals surface area contributed by atoms with Crippen LogP contribution in [-0.4, -0.2) is 23.7 Å². The summed E-state index contributed by atoms with van der Waals surface area (Å²) >= 11 is 0. The highest BCUT2D eigenvalue weighted by Gasteiger charge is 2.18. The molecule has 2 rings (SSSR count). The first-order valence-electron chi connectivity index (χ1n) is 7.93. The van der Waals surface area contributed by atoms with E-state index in [9.17, 15) is 4.79 Å². The third-order valence-electron chi connectivity index (χ3n) is 3.79. The molecule has 0 saturated carbocycles. The second-order valence-electron chi connectivity index (χ2n) is 6.35. The van der Waals surface area contributed by atoms with Crippen molar-refractivity contribution >= 4 is 12.0 Å². The molecule has 0 aliphatic heterocycles. The largest absolute Gasteiger partial charge is 0.396 e. The molecule has 0 saturated heterocycles. The van der Waals surface area contributed by atoms with E-state index in [1.54, 1.807) is 6.08 Å². The molecule has 0 fully saturated rings. The number of hydrogen-bond acceptors (Lipinski definition) is 2. The maximum atomic E-state index is 11.9. The normalized spacial score (nSPS) is 20.9. The van der Waals surface area contributed by atoms with Gasteiger partial charge in [0.15, 0.2) is 0 Å². The topological polar surface area (TPSA) is 49.3 Å². The highest BCUT2D eigenvalue weighted by molar-refractivity contribution is 5.92. The summed E-state index contributed by atoms with van der Waals surface area (Å²) in [7, 11) is 0. The van der Waals surface area contributed by atoms with E-state index in [4.69, 9.17) is 5.11 Å². The predicted octanol–water partition coefficient (Wildman–Crippen LogP) is 2.95. The molecule has 3 nitrogen and oxygen atoms in total. The minimum Gasteiger partial charge on any atom is -0.396 e. The van der Waals surface area contributed by atoms with Gasteiger partial charge in [-0.2, -0.15) is 0 Å². The van der Waals surface area contributed by atoms with Crippen LogP contribution in [0.5, 0.6) is 0 Å². The van der Waals surface area contributed by atoms with E-state index in [0.717, 1.165) is 18.4 Å². The molecule has 2 atom stereocenters. The van der Waals surface area contributed by atoms with E-state index in [1.165, 1.54) is 5.56 Å². The van der Waals surface area contributed by atoms with E-state index >= 15 is 0 Å². The summed E-state index contributed by atoms with van der Waals surface area (Å²) in [5.41, 5.74) is 2.35. The third-order valence-corrected chi connectivity index (χ3v) is 3.79. The Balaban J connectivity index is 1.83. The Morgan fingerprint density at radius 2 is 2.05 bits per heavy atom. The fourth-order valence-electron chi connectivity index (χ4n) is 2.66. The van der Waals surface area contributed by atoms with Crippen molar-refractivity contribution in [3.05, 3.63) is 53.6 Å². The molecule has 0 spiro atoms. The Labute approximate surface area is 132 Å². The molecule has 0 unspecified atom stereocenters. The van der Waals surface area contributed by atoms with Gasteiger partial charge >= 0.3 is 0 Å². The first-order valence-corrected chi connectivity index (χ1v) is 7.93. The number of carbonyl (C=O) groups is 1. The summed E-state index contributed by atoms with van der Waals surface area (Å²) in [6, 6.07) is 8.34. The number of rotatable bonds is 6. The van der Waals surface area contributed by atoms with Gasteiger partial charge < -0.3 is 10.4 Å². The molecule has 0 bridgehead atoms. The summed E-state index contributed by atoms with van der Waals surface area (Å²) in [4.78, 5) is 11.9. The quantitative estimate of drug-likeness (QED) is 0.627. The van der Waals surface area contributed by atoms with Crippen LogP contribution in [0.1, 0.15) is 31.4 Å². The van der Waals surface area contributed by atoms with E-state index < -0.39 is 0 Å². The standard InChI is InChI=1S/C19H25NO2/c1-14(2)11-16-5-3-15(4-6-16)8-10-19(22)20-18-9-7-17(12-18)13-21/h3-10,14,17-18,21H,11-13H2,1-2H3,(H,20,22)/b10-8+/t17-,18+/m0/s1. The lowest BCUT2D eigenvalue weighted by atomic mass is 10.0. The average molecular weight is 299 g/mol. The van der Waals surface area contributed by atoms with E-state index in [1.807, 2.05) is 30.4 Å². The number of aliphatic hydroxyl groups is 1. The SMILES string of the molecule is CC(C)Cc1ccc(/C=C/C(=O)N[C@@H]2C=C[C@H](CO)C2)cc1. The lowest BCUT2D eigenvalue weighted by molar-refractivity contribution is -0.116. The van der Waals surface area contributed by atoms with Crippen LogP contribution in [-0.2, 0) is 11.2 Å². The minimum atomic E-state index is -0.0977. The van der Waals surface area contributed by atoms with Gasteiger partial charge in [-0.3, -0.25) is 4.79 Å². The van der Waals surface area contributed by atoms with Gasteiger partial charge in [0, 0.05) is 24.6 Å². The molecule has 1 aliphatic rings. The van der Waals surface area contributed by atoms with Gasteiger partial charge in [0.2, 0.25) is 5.91 Å². The fraction of sp³-hybridized carbons (Fsp3) is 0.421. The van der Waals surface area contributed by atoms with Crippen LogP contribution in [0.4, 0.5) is 0 Å². The summed E-state index contributed by atoms with van der Waals surface area (Å²) < 4.78 is 0. The van der Waals surface area contributed by atoms with E-state index in [0.29, 0.717) is 5.92 Å². The second-order valence-corrected chi connectivity index (χ2v) is 6.35. The van der Waals surface area contributed by atoms with Gasteiger partial charge in [-0.1, -0.05) is 50.3 Å². The Morgan fingerprint density at radius 1 is 1.32 bits per heavy atom. The smallest absolute Gasteiger partial charge is 0.244 e. The van der Waals surface area contributed by atoms with Crippen molar-refractivity contribution in [2.75, 3.05) is 6.61 Å². The summed E-state index contributed by atoms with van der Waals surface area (Å²) in [6.07, 6.45) is 9.16. The average Bonchev–Trinajstić information content (AvgIpc) is 2.93. The molecule has 1 aliphatic carbocycles. The number of carbonyl (C=O) groups excluding carboxylic acids is 1. The number of hydrogen-bond donors (Lipinski definition) is 2. The zero-order valence-corrected chi connectivity index (χ0v) is 13.3. The lowest BCUT2D eigenvalue weighted by Crippen LogP contribution is -2.31. The van der Waals surface area contributed by atoms with Gasteiger partial charge in [-0.05, 0) is 36.0 Å². The Bertz CT molecular complexity index is 543. The van der Waals surface area contributed by atoms with Crippen LogP contribution in [0.25, 0.3) is 6.08 Å². The van der Waals surface area contributed by atoms with Crippen LogP contribution in [0.3, 0.4) is 0 Å². The summed E-state index contributed by atoms with van der Waals surface area (Å²) in [5.74, 6) is 0.719. The first-order chi connectivity index (χ1) is 10.6. The molecular weight excluding hydrogens is 274 g/mol. The molecule has 3 heteroatoms. The van der Waals surface area contributed by atoms with Gasteiger partial charge in [0.1, 0.15) is 0 Å². The number of amides is 1. The fourth-order valence-corrected chi connectivity index (χ4v) is 2.66. The van der Waals surface area contributed by atoms with Gasteiger partial charge in [0.05, 0.1) is 0 Å². The van der Waals surface area contributed by atoms with Crippen LogP contribution >= 0.6 is 0 Å². The van der Waals surface area contributed by atoms with Crippen molar-refractivity contribution in [3.8, 4) is 0 Å². The molecule has 118 valence electrons. The van der Waals surface area contributed by atoms with Crippen molar-refractivity contribution < 1.29 is 9.90 Å². The van der Waals surface area contributed by atoms with Gasteiger partial charge in [0.25, 0.3) is 0 Å². The number of benzene rings is 1. The maximum Gasteiger partial charge on any atom is 0.244 e. The molecule has 1 amide bonds. The molecule has 1 aromatic rings. The van der Waals surface area contributed by atoms with Crippen molar-refractivity contribution in [1.82, 2.24) is 5.32 Å². The summed E-state index contributed by atoms with van der Waals surface area (Å²) in [5, 5.41) is 12.0. The Kier molecular flexibility index (Phi) is 5.96. The highest BCUT2D eigenvalue weighted by atomic mass is 16.3. The molecular formula is C19H25NO2. The highest BCUT2D eigenvalue weighted by Crippen LogP contribution is 2.17. The van der Waals surface area contributed by atoms with Crippen molar-refractivity contribution in [2.45, 2.75) is 32.7 Å². The second kappa shape index (κ2) is 7.95. The van der Waals surface area contributed by atoms with Crippen molar-refractivity contribution in [3.63, 3.8) is 0 Å². The van der Waals surface area contributed by atoms with E-state index in [-0.39, 0.29) is 24.5 Å². The van der Waals surface area contributed by atoms with Crippen LogP contribution in [0, 0.1) is 11.8 Å². The van der Waals surface area contributed by atoms with Crippen molar-refractivity contribution in [1.29, 1.82) is 0 Å². The van der Waals surface area contributed by atoms with Crippen molar-refractivity contribution in [2.24, 2.45) is 11.8 Å². The Morgan fingerprint density at radius 3 is 2.64 bits per heavy atom. The summed E-state index contributed by atoms with van der Waals surface area (Å²) in [6.45, 7) is 4.55. The zero-order valence-electron chi connectivity index (χ0n) is 13.3. The number of aliphatic hydroxyl groups excluding tert-OH is 1. The van der Waals surface area contributed by atoms with Crippen LogP contribution in [0.15, 0.2) is 42.5 Å². The monoisotopic (exact) mass is 299 g/mol.